The topological polar surface area (TPSA) is 88.1 Å². The molecule has 0 unspecified atom stereocenters. The number of halogens is 1. The van der Waals surface area contributed by atoms with Gasteiger partial charge in [0.2, 0.25) is 0 Å². The van der Waals surface area contributed by atoms with Gasteiger partial charge in [0.05, 0.1) is 18.2 Å². The van der Waals surface area contributed by atoms with Gasteiger partial charge < -0.3 is 18.9 Å². The average Bonchev–Trinajstić information content (AvgIpc) is 2.82. The maximum atomic E-state index is 13.9. The van der Waals surface area contributed by atoms with Gasteiger partial charge in [-0.15, -0.1) is 0 Å². The Hall–Kier alpha value is -4.20. The molecular formula is C25H21FO7. The Morgan fingerprint density at radius 2 is 1.55 bits per heavy atom. The standard InChI is InChI=1S/C25H21FO7/c1-16(27)31-14-17-11-20(13-22(12-17)32-15-19-5-3-4-6-23(19)26)25(29)33-21-9-7-18(8-10-21)24(28)30-2/h3-13H,14-15H2,1-2H3. The van der Waals surface area contributed by atoms with E-state index in [4.69, 9.17) is 14.2 Å². The van der Waals surface area contributed by atoms with Gasteiger partial charge in [-0.25, -0.2) is 14.0 Å². The Bertz CT molecular complexity index is 1160. The van der Waals surface area contributed by atoms with Gasteiger partial charge >= 0.3 is 17.9 Å². The third-order valence-electron chi connectivity index (χ3n) is 4.48. The van der Waals surface area contributed by atoms with E-state index in [0.717, 1.165) is 0 Å². The second-order valence-corrected chi connectivity index (χ2v) is 6.93. The molecule has 0 fully saturated rings. The van der Waals surface area contributed by atoms with Crippen LogP contribution < -0.4 is 9.47 Å². The fraction of sp³-hybridized carbons (Fsp3) is 0.160. The van der Waals surface area contributed by atoms with E-state index in [1.165, 1.54) is 56.5 Å². The lowest BCUT2D eigenvalue weighted by molar-refractivity contribution is -0.142. The van der Waals surface area contributed by atoms with Crippen LogP contribution in [0.3, 0.4) is 0 Å². The Balaban J connectivity index is 1.79. The van der Waals surface area contributed by atoms with Gasteiger partial charge in [-0.3, -0.25) is 4.79 Å². The molecule has 7 nitrogen and oxygen atoms in total. The van der Waals surface area contributed by atoms with Gasteiger partial charge in [0.15, 0.2) is 0 Å². The lowest BCUT2D eigenvalue weighted by Gasteiger charge is -2.12. The Morgan fingerprint density at radius 1 is 0.818 bits per heavy atom. The quantitative estimate of drug-likeness (QED) is 0.368. The summed E-state index contributed by atoms with van der Waals surface area (Å²) in [5.41, 5.74) is 1.28. The van der Waals surface area contributed by atoms with E-state index in [0.29, 0.717) is 16.7 Å². The molecule has 3 rings (SSSR count). The van der Waals surface area contributed by atoms with Gasteiger partial charge in [0.25, 0.3) is 0 Å². The van der Waals surface area contributed by atoms with Crippen molar-refractivity contribution >= 4 is 17.9 Å². The van der Waals surface area contributed by atoms with E-state index in [2.05, 4.69) is 4.74 Å². The summed E-state index contributed by atoms with van der Waals surface area (Å²) in [5.74, 6) is -1.61. The third-order valence-corrected chi connectivity index (χ3v) is 4.48. The molecule has 3 aromatic rings. The van der Waals surface area contributed by atoms with E-state index in [1.54, 1.807) is 24.3 Å². The smallest absolute Gasteiger partial charge is 0.343 e. The summed E-state index contributed by atoms with van der Waals surface area (Å²) in [6, 6.07) is 16.6. The zero-order valence-corrected chi connectivity index (χ0v) is 18.0. The summed E-state index contributed by atoms with van der Waals surface area (Å²) in [4.78, 5) is 35.4. The minimum absolute atomic E-state index is 0.0623. The highest BCUT2D eigenvalue weighted by molar-refractivity contribution is 5.92. The number of carbonyl (C=O) groups excluding carboxylic acids is 3. The van der Waals surface area contributed by atoms with Crippen LogP contribution in [0.15, 0.2) is 66.7 Å². The van der Waals surface area contributed by atoms with Gasteiger partial charge in [-0.1, -0.05) is 18.2 Å². The number of ether oxygens (including phenoxy) is 4. The number of carbonyl (C=O) groups is 3. The first-order valence-corrected chi connectivity index (χ1v) is 9.90. The van der Waals surface area contributed by atoms with Gasteiger partial charge in [0, 0.05) is 12.5 Å². The highest BCUT2D eigenvalue weighted by Crippen LogP contribution is 2.22. The Morgan fingerprint density at radius 3 is 2.21 bits per heavy atom. The zero-order valence-electron chi connectivity index (χ0n) is 18.0. The van der Waals surface area contributed by atoms with E-state index in [1.807, 2.05) is 0 Å². The van der Waals surface area contributed by atoms with Crippen molar-refractivity contribution in [1.82, 2.24) is 0 Å². The minimum Gasteiger partial charge on any atom is -0.489 e. The van der Waals surface area contributed by atoms with Crippen LogP contribution >= 0.6 is 0 Å². The van der Waals surface area contributed by atoms with Crippen LogP contribution in [-0.4, -0.2) is 25.0 Å². The van der Waals surface area contributed by atoms with Crippen molar-refractivity contribution in [3.63, 3.8) is 0 Å². The first kappa shape index (κ1) is 23.5. The number of methoxy groups -OCH3 is 1. The number of benzene rings is 3. The Labute approximate surface area is 189 Å². The van der Waals surface area contributed by atoms with E-state index >= 15 is 0 Å². The molecule has 0 aromatic heterocycles. The minimum atomic E-state index is -0.693. The molecule has 0 aliphatic carbocycles. The first-order valence-electron chi connectivity index (χ1n) is 9.90. The highest BCUT2D eigenvalue weighted by Gasteiger charge is 2.14. The lowest BCUT2D eigenvalue weighted by Crippen LogP contribution is -2.11. The van der Waals surface area contributed by atoms with Crippen molar-refractivity contribution in [2.45, 2.75) is 20.1 Å². The predicted octanol–water partition coefficient (Wildman–Crippen LogP) is 4.47. The largest absolute Gasteiger partial charge is 0.489 e. The molecule has 0 atom stereocenters. The molecule has 33 heavy (non-hydrogen) atoms. The third kappa shape index (κ3) is 6.64. The second-order valence-electron chi connectivity index (χ2n) is 6.93. The maximum absolute atomic E-state index is 13.9. The van der Waals surface area contributed by atoms with Crippen molar-refractivity contribution in [2.24, 2.45) is 0 Å². The fourth-order valence-electron chi connectivity index (χ4n) is 2.85. The molecule has 0 N–H and O–H groups in total. The second kappa shape index (κ2) is 10.9. The summed E-state index contributed by atoms with van der Waals surface area (Å²) >= 11 is 0. The van der Waals surface area contributed by atoms with Crippen molar-refractivity contribution in [2.75, 3.05) is 7.11 Å². The van der Waals surface area contributed by atoms with E-state index < -0.39 is 23.7 Å². The monoisotopic (exact) mass is 452 g/mol. The van der Waals surface area contributed by atoms with Crippen molar-refractivity contribution in [3.8, 4) is 11.5 Å². The molecule has 0 aliphatic heterocycles. The average molecular weight is 452 g/mol. The van der Waals surface area contributed by atoms with Crippen molar-refractivity contribution < 1.29 is 37.7 Å². The van der Waals surface area contributed by atoms with Gasteiger partial charge in [-0.2, -0.15) is 0 Å². The van der Waals surface area contributed by atoms with Crippen LogP contribution in [0.25, 0.3) is 0 Å². The molecule has 0 amide bonds. The number of hydrogen-bond acceptors (Lipinski definition) is 7. The normalized spacial score (nSPS) is 10.3. The van der Waals surface area contributed by atoms with Crippen LogP contribution in [0.1, 0.15) is 38.8 Å². The number of rotatable bonds is 8. The highest BCUT2D eigenvalue weighted by atomic mass is 19.1. The summed E-state index contributed by atoms with van der Waals surface area (Å²) in [6.45, 7) is 1.12. The first-order chi connectivity index (χ1) is 15.9. The van der Waals surface area contributed by atoms with Crippen LogP contribution in [0, 0.1) is 5.82 Å². The fourth-order valence-corrected chi connectivity index (χ4v) is 2.85. The van der Waals surface area contributed by atoms with Crippen LogP contribution in [0.5, 0.6) is 11.5 Å². The molecule has 170 valence electrons. The molecule has 0 radical (unpaired) electrons. The molecule has 0 saturated carbocycles. The van der Waals surface area contributed by atoms with Crippen molar-refractivity contribution in [1.29, 1.82) is 0 Å². The molecule has 0 bridgehead atoms. The number of hydrogen-bond donors (Lipinski definition) is 0. The number of esters is 3. The van der Waals surface area contributed by atoms with Crippen molar-refractivity contribution in [3.05, 3.63) is 94.8 Å². The zero-order chi connectivity index (χ0) is 23.8. The molecular weight excluding hydrogens is 431 g/mol. The molecule has 8 heteroatoms. The SMILES string of the molecule is COC(=O)c1ccc(OC(=O)c2cc(COC(C)=O)cc(OCc3ccccc3F)c2)cc1. The maximum Gasteiger partial charge on any atom is 0.343 e. The van der Waals surface area contributed by atoms with Crippen LogP contribution in [-0.2, 0) is 27.5 Å². The summed E-state index contributed by atoms with van der Waals surface area (Å²) < 4.78 is 34.6. The van der Waals surface area contributed by atoms with E-state index in [-0.39, 0.29) is 30.3 Å². The van der Waals surface area contributed by atoms with E-state index in [9.17, 15) is 18.8 Å². The molecule has 0 heterocycles. The van der Waals surface area contributed by atoms with Gasteiger partial charge in [0.1, 0.15) is 30.5 Å². The van der Waals surface area contributed by atoms with Crippen LogP contribution in [0.4, 0.5) is 4.39 Å². The summed E-state index contributed by atoms with van der Waals surface area (Å²) in [5, 5.41) is 0. The predicted molar refractivity (Wildman–Crippen MR) is 115 cm³/mol. The molecule has 0 spiro atoms. The molecule has 3 aromatic carbocycles. The summed E-state index contributed by atoms with van der Waals surface area (Å²) in [7, 11) is 1.27. The Kier molecular flexibility index (Phi) is 7.75. The lowest BCUT2D eigenvalue weighted by atomic mass is 10.1. The summed E-state index contributed by atoms with van der Waals surface area (Å²) in [6.07, 6.45) is 0. The molecule has 0 saturated heterocycles. The molecule has 0 aliphatic rings. The van der Waals surface area contributed by atoms with Crippen LogP contribution in [0.2, 0.25) is 0 Å². The van der Waals surface area contributed by atoms with Gasteiger partial charge in [-0.05, 0) is 54.1 Å².